The topological polar surface area (TPSA) is 33.7 Å². The van der Waals surface area contributed by atoms with Crippen LogP contribution in [0.4, 0.5) is 0 Å². The van der Waals surface area contributed by atoms with Crippen LogP contribution in [-0.2, 0) is 9.47 Å². The van der Waals surface area contributed by atoms with Crippen molar-refractivity contribution >= 4 is 0 Å². The molecular formula is C17H32N2O2. The van der Waals surface area contributed by atoms with Crippen molar-refractivity contribution in [3.63, 3.8) is 0 Å². The zero-order chi connectivity index (χ0) is 14.5. The van der Waals surface area contributed by atoms with Gasteiger partial charge in [-0.2, -0.15) is 0 Å². The van der Waals surface area contributed by atoms with Crippen molar-refractivity contribution < 1.29 is 9.47 Å². The number of methoxy groups -OCH3 is 1. The molecule has 0 bridgehead atoms. The summed E-state index contributed by atoms with van der Waals surface area (Å²) in [6.07, 6.45) is 11.0. The zero-order valence-electron chi connectivity index (χ0n) is 13.6. The summed E-state index contributed by atoms with van der Waals surface area (Å²) in [5.41, 5.74) is 0.267. The quantitative estimate of drug-likeness (QED) is 0.781. The fraction of sp³-hybridized carbons (Fsp3) is 1.00. The predicted octanol–water partition coefficient (Wildman–Crippen LogP) is 2.18. The summed E-state index contributed by atoms with van der Waals surface area (Å²) < 4.78 is 11.8. The van der Waals surface area contributed by atoms with Gasteiger partial charge in [0.2, 0.25) is 0 Å². The van der Waals surface area contributed by atoms with E-state index in [1.54, 1.807) is 7.11 Å². The molecule has 1 N–H and O–H groups in total. The normalized spacial score (nSPS) is 31.7. The summed E-state index contributed by atoms with van der Waals surface area (Å²) in [6, 6.07) is 0.670. The van der Waals surface area contributed by atoms with Crippen LogP contribution in [-0.4, -0.2) is 62.5 Å². The third kappa shape index (κ3) is 4.19. The molecule has 3 rings (SSSR count). The Balaban J connectivity index is 1.48. The number of rotatable bonds is 7. The first-order valence-corrected chi connectivity index (χ1v) is 8.92. The van der Waals surface area contributed by atoms with E-state index in [1.165, 1.54) is 57.9 Å². The van der Waals surface area contributed by atoms with Crippen molar-refractivity contribution in [2.45, 2.75) is 69.1 Å². The number of nitrogens with one attached hydrogen (secondary N) is 1. The van der Waals surface area contributed by atoms with Gasteiger partial charge in [-0.15, -0.1) is 0 Å². The van der Waals surface area contributed by atoms with Crippen LogP contribution >= 0.6 is 0 Å². The lowest BCUT2D eigenvalue weighted by molar-refractivity contribution is -0.0492. The summed E-state index contributed by atoms with van der Waals surface area (Å²) >= 11 is 0. The van der Waals surface area contributed by atoms with Crippen molar-refractivity contribution in [2.24, 2.45) is 0 Å². The van der Waals surface area contributed by atoms with Crippen LogP contribution in [0.15, 0.2) is 0 Å². The van der Waals surface area contributed by atoms with Gasteiger partial charge < -0.3 is 14.8 Å². The van der Waals surface area contributed by atoms with Crippen molar-refractivity contribution in [2.75, 3.05) is 39.9 Å². The fourth-order valence-electron chi connectivity index (χ4n) is 4.40. The van der Waals surface area contributed by atoms with Crippen LogP contribution < -0.4 is 5.32 Å². The number of hydrogen-bond acceptors (Lipinski definition) is 4. The van der Waals surface area contributed by atoms with Gasteiger partial charge in [-0.3, -0.25) is 4.90 Å². The molecule has 2 unspecified atom stereocenters. The molecule has 21 heavy (non-hydrogen) atoms. The van der Waals surface area contributed by atoms with E-state index in [0.717, 1.165) is 26.2 Å². The maximum atomic E-state index is 6.48. The van der Waals surface area contributed by atoms with E-state index in [4.69, 9.17) is 9.47 Å². The second kappa shape index (κ2) is 7.40. The van der Waals surface area contributed by atoms with Gasteiger partial charge in [-0.05, 0) is 45.1 Å². The maximum absolute atomic E-state index is 6.48. The van der Waals surface area contributed by atoms with E-state index in [0.29, 0.717) is 12.1 Å². The van der Waals surface area contributed by atoms with Gasteiger partial charge >= 0.3 is 0 Å². The van der Waals surface area contributed by atoms with Crippen LogP contribution in [0.2, 0.25) is 0 Å². The Morgan fingerprint density at radius 3 is 2.71 bits per heavy atom. The molecule has 2 atom stereocenters. The van der Waals surface area contributed by atoms with Crippen LogP contribution in [0.3, 0.4) is 0 Å². The van der Waals surface area contributed by atoms with Crippen LogP contribution in [0.25, 0.3) is 0 Å². The van der Waals surface area contributed by atoms with Crippen molar-refractivity contribution in [3.8, 4) is 0 Å². The van der Waals surface area contributed by atoms with E-state index >= 15 is 0 Å². The molecule has 0 aromatic rings. The molecule has 4 nitrogen and oxygen atoms in total. The average Bonchev–Trinajstić information content (AvgIpc) is 3.21. The second-order valence-corrected chi connectivity index (χ2v) is 7.21. The summed E-state index contributed by atoms with van der Waals surface area (Å²) in [7, 11) is 1.80. The molecule has 0 amide bonds. The predicted molar refractivity (Wildman–Crippen MR) is 84.6 cm³/mol. The highest BCUT2D eigenvalue weighted by Gasteiger charge is 2.42. The largest absolute Gasteiger partial charge is 0.383 e. The molecule has 0 aromatic heterocycles. The van der Waals surface area contributed by atoms with Gasteiger partial charge in [0.05, 0.1) is 18.3 Å². The van der Waals surface area contributed by atoms with Gasteiger partial charge in [0.1, 0.15) is 0 Å². The molecule has 4 heteroatoms. The highest BCUT2D eigenvalue weighted by atomic mass is 16.5. The number of hydrogen-bond donors (Lipinski definition) is 1. The molecule has 3 fully saturated rings. The molecule has 0 aromatic carbocycles. The van der Waals surface area contributed by atoms with Crippen LogP contribution in [0.1, 0.15) is 51.4 Å². The molecule has 0 radical (unpaired) electrons. The SMILES string of the molecule is COCCN(CC1CCCN1)CC1CCC2(CCCC2)O1. The van der Waals surface area contributed by atoms with E-state index in [9.17, 15) is 0 Å². The van der Waals surface area contributed by atoms with Crippen molar-refractivity contribution in [3.05, 3.63) is 0 Å². The maximum Gasteiger partial charge on any atom is 0.0710 e. The Morgan fingerprint density at radius 2 is 2.00 bits per heavy atom. The lowest BCUT2D eigenvalue weighted by Gasteiger charge is -2.29. The minimum absolute atomic E-state index is 0.267. The zero-order valence-corrected chi connectivity index (χ0v) is 13.6. The minimum Gasteiger partial charge on any atom is -0.383 e. The average molecular weight is 296 g/mol. The summed E-state index contributed by atoms with van der Waals surface area (Å²) in [4.78, 5) is 2.56. The van der Waals surface area contributed by atoms with Crippen molar-refractivity contribution in [1.29, 1.82) is 0 Å². The molecule has 1 aliphatic carbocycles. The Bertz CT molecular complexity index is 312. The molecule has 2 heterocycles. The van der Waals surface area contributed by atoms with E-state index in [1.807, 2.05) is 0 Å². The minimum atomic E-state index is 0.267. The van der Waals surface area contributed by atoms with Gasteiger partial charge in [0.15, 0.2) is 0 Å². The second-order valence-electron chi connectivity index (χ2n) is 7.21. The first-order valence-electron chi connectivity index (χ1n) is 8.92. The Hall–Kier alpha value is -0.160. The summed E-state index contributed by atoms with van der Waals surface area (Å²) in [5.74, 6) is 0. The standard InChI is InChI=1S/C17H32N2O2/c1-20-12-11-19(13-15-5-4-10-18-15)14-16-6-9-17(21-16)7-2-3-8-17/h15-16,18H,2-14H2,1H3. The first-order chi connectivity index (χ1) is 10.3. The molecule has 2 aliphatic heterocycles. The smallest absolute Gasteiger partial charge is 0.0710 e. The van der Waals surface area contributed by atoms with Gasteiger partial charge in [-0.1, -0.05) is 12.8 Å². The fourth-order valence-corrected chi connectivity index (χ4v) is 4.40. The Morgan fingerprint density at radius 1 is 1.14 bits per heavy atom. The molecule has 1 spiro atoms. The third-order valence-electron chi connectivity index (χ3n) is 5.57. The van der Waals surface area contributed by atoms with E-state index < -0.39 is 0 Å². The monoisotopic (exact) mass is 296 g/mol. The number of nitrogens with zero attached hydrogens (tertiary/aromatic N) is 1. The highest BCUT2D eigenvalue weighted by molar-refractivity contribution is 4.93. The molecular weight excluding hydrogens is 264 g/mol. The van der Waals surface area contributed by atoms with E-state index in [-0.39, 0.29) is 5.60 Å². The summed E-state index contributed by atoms with van der Waals surface area (Å²) in [5, 5.41) is 3.61. The van der Waals surface area contributed by atoms with Crippen molar-refractivity contribution in [1.82, 2.24) is 10.2 Å². The summed E-state index contributed by atoms with van der Waals surface area (Å²) in [6.45, 7) is 5.28. The first kappa shape index (κ1) is 15.7. The van der Waals surface area contributed by atoms with Gasteiger partial charge in [0.25, 0.3) is 0 Å². The molecule has 1 saturated carbocycles. The third-order valence-corrected chi connectivity index (χ3v) is 5.57. The molecule has 2 saturated heterocycles. The highest BCUT2D eigenvalue weighted by Crippen LogP contribution is 2.43. The van der Waals surface area contributed by atoms with Crippen LogP contribution in [0, 0.1) is 0 Å². The lowest BCUT2D eigenvalue weighted by atomic mass is 9.98. The molecule has 122 valence electrons. The van der Waals surface area contributed by atoms with Gasteiger partial charge in [-0.25, -0.2) is 0 Å². The van der Waals surface area contributed by atoms with Gasteiger partial charge in [0, 0.05) is 32.8 Å². The Kier molecular flexibility index (Phi) is 5.54. The Labute approximate surface area is 129 Å². The molecule has 3 aliphatic rings. The number of ether oxygens (including phenoxy) is 2. The lowest BCUT2D eigenvalue weighted by Crippen LogP contribution is -2.43. The van der Waals surface area contributed by atoms with E-state index in [2.05, 4.69) is 10.2 Å². The van der Waals surface area contributed by atoms with Crippen LogP contribution in [0.5, 0.6) is 0 Å².